The van der Waals surface area contributed by atoms with E-state index in [9.17, 15) is 4.79 Å². The van der Waals surface area contributed by atoms with Crippen LogP contribution >= 0.6 is 22.7 Å². The normalized spacial score (nSPS) is 10.7. The standard InChI is InChI=1S/C20H16N4OS2/c1-13-22-18(12-26-13)14-5-7-15(8-6-14)23-19(25)10-16-11-27-20(24-16)17-4-2-3-9-21-17/h2-9,11-12H,10H2,1H3,(H,23,25). The third kappa shape index (κ3) is 4.27. The van der Waals surface area contributed by atoms with Crippen molar-refractivity contribution in [1.29, 1.82) is 0 Å². The first kappa shape index (κ1) is 17.5. The second-order valence-corrected chi connectivity index (χ2v) is 7.83. The molecule has 0 aliphatic heterocycles. The van der Waals surface area contributed by atoms with Gasteiger partial charge >= 0.3 is 0 Å². The summed E-state index contributed by atoms with van der Waals surface area (Å²) in [7, 11) is 0. The summed E-state index contributed by atoms with van der Waals surface area (Å²) in [6.45, 7) is 1.99. The molecule has 4 aromatic rings. The second-order valence-electron chi connectivity index (χ2n) is 5.91. The molecule has 0 aliphatic carbocycles. The molecule has 0 unspecified atom stereocenters. The molecule has 0 radical (unpaired) electrons. The van der Waals surface area contributed by atoms with Crippen molar-refractivity contribution >= 4 is 34.3 Å². The van der Waals surface area contributed by atoms with E-state index in [1.807, 2.05) is 60.1 Å². The molecule has 4 rings (SSSR count). The predicted octanol–water partition coefficient (Wildman–Crippen LogP) is 4.82. The van der Waals surface area contributed by atoms with Gasteiger partial charge in [0.2, 0.25) is 5.91 Å². The van der Waals surface area contributed by atoms with E-state index in [1.165, 1.54) is 11.3 Å². The van der Waals surface area contributed by atoms with Crippen LogP contribution in [0.1, 0.15) is 10.7 Å². The number of hydrogen-bond donors (Lipinski definition) is 1. The Hall–Kier alpha value is -2.90. The van der Waals surface area contributed by atoms with Gasteiger partial charge in [-0.05, 0) is 31.2 Å². The number of rotatable bonds is 5. The van der Waals surface area contributed by atoms with Gasteiger partial charge in [-0.15, -0.1) is 22.7 Å². The molecule has 0 fully saturated rings. The van der Waals surface area contributed by atoms with Crippen molar-refractivity contribution in [3.05, 3.63) is 70.1 Å². The minimum absolute atomic E-state index is 0.0925. The summed E-state index contributed by atoms with van der Waals surface area (Å²) >= 11 is 3.12. The summed E-state index contributed by atoms with van der Waals surface area (Å²) in [5.74, 6) is -0.0925. The average Bonchev–Trinajstić information content (AvgIpc) is 3.32. The van der Waals surface area contributed by atoms with E-state index < -0.39 is 0 Å². The maximum Gasteiger partial charge on any atom is 0.230 e. The molecule has 7 heteroatoms. The largest absolute Gasteiger partial charge is 0.326 e. The molecule has 0 spiro atoms. The van der Waals surface area contributed by atoms with Crippen molar-refractivity contribution in [3.63, 3.8) is 0 Å². The molecule has 5 nitrogen and oxygen atoms in total. The number of benzene rings is 1. The van der Waals surface area contributed by atoms with Gasteiger partial charge in [0.25, 0.3) is 0 Å². The zero-order valence-electron chi connectivity index (χ0n) is 14.5. The van der Waals surface area contributed by atoms with Crippen molar-refractivity contribution in [2.24, 2.45) is 0 Å². The lowest BCUT2D eigenvalue weighted by Crippen LogP contribution is -2.14. The molecule has 0 bridgehead atoms. The van der Waals surface area contributed by atoms with Crippen molar-refractivity contribution in [3.8, 4) is 22.0 Å². The molecule has 0 aliphatic rings. The number of thiazole rings is 2. The van der Waals surface area contributed by atoms with Crippen LogP contribution in [0.25, 0.3) is 22.0 Å². The number of aromatic nitrogens is 3. The summed E-state index contributed by atoms with van der Waals surface area (Å²) in [5, 5.41) is 8.71. The van der Waals surface area contributed by atoms with Gasteiger partial charge in [-0.1, -0.05) is 18.2 Å². The minimum atomic E-state index is -0.0925. The molecule has 0 saturated heterocycles. The third-order valence-corrected chi connectivity index (χ3v) is 5.55. The van der Waals surface area contributed by atoms with Gasteiger partial charge in [0.1, 0.15) is 5.01 Å². The van der Waals surface area contributed by atoms with Crippen LogP contribution in [0.15, 0.2) is 59.4 Å². The molecule has 3 heterocycles. The second kappa shape index (κ2) is 7.77. The Morgan fingerprint density at radius 3 is 2.56 bits per heavy atom. The van der Waals surface area contributed by atoms with Crippen LogP contribution in [0, 0.1) is 6.92 Å². The number of carbonyl (C=O) groups is 1. The lowest BCUT2D eigenvalue weighted by molar-refractivity contribution is -0.115. The molecule has 27 heavy (non-hydrogen) atoms. The minimum Gasteiger partial charge on any atom is -0.326 e. The monoisotopic (exact) mass is 392 g/mol. The number of amides is 1. The Labute approximate surface area is 164 Å². The van der Waals surface area contributed by atoms with E-state index in [-0.39, 0.29) is 12.3 Å². The molecular formula is C20H16N4OS2. The van der Waals surface area contributed by atoms with Crippen molar-refractivity contribution in [2.75, 3.05) is 5.32 Å². The Kier molecular flexibility index (Phi) is 5.04. The number of anilines is 1. The van der Waals surface area contributed by atoms with Crippen molar-refractivity contribution in [1.82, 2.24) is 15.0 Å². The quantitative estimate of drug-likeness (QED) is 0.529. The Morgan fingerprint density at radius 2 is 1.85 bits per heavy atom. The summed E-state index contributed by atoms with van der Waals surface area (Å²) in [6, 6.07) is 13.4. The molecule has 134 valence electrons. The molecule has 3 aromatic heterocycles. The number of carbonyl (C=O) groups excluding carboxylic acids is 1. The fourth-order valence-electron chi connectivity index (χ4n) is 2.59. The summed E-state index contributed by atoms with van der Waals surface area (Å²) in [4.78, 5) is 25.6. The fourth-order valence-corrected chi connectivity index (χ4v) is 4.00. The Balaban J connectivity index is 1.39. The molecule has 1 aromatic carbocycles. The topological polar surface area (TPSA) is 67.8 Å². The van der Waals surface area contributed by atoms with Gasteiger partial charge in [-0.3, -0.25) is 9.78 Å². The summed E-state index contributed by atoms with van der Waals surface area (Å²) in [5.41, 5.74) is 4.32. The van der Waals surface area contributed by atoms with E-state index in [2.05, 4.69) is 20.3 Å². The number of nitrogens with zero attached hydrogens (tertiary/aromatic N) is 3. The first-order valence-corrected chi connectivity index (χ1v) is 10.1. The Morgan fingerprint density at radius 1 is 1.00 bits per heavy atom. The molecule has 1 N–H and O–H groups in total. The number of pyridine rings is 1. The van der Waals surface area contributed by atoms with Gasteiger partial charge < -0.3 is 5.32 Å². The van der Waals surface area contributed by atoms with Crippen molar-refractivity contribution in [2.45, 2.75) is 13.3 Å². The maximum atomic E-state index is 12.3. The van der Waals surface area contributed by atoms with Crippen LogP contribution in [0.4, 0.5) is 5.69 Å². The van der Waals surface area contributed by atoms with Gasteiger partial charge in [0.15, 0.2) is 0 Å². The highest BCUT2D eigenvalue weighted by molar-refractivity contribution is 7.13. The molecular weight excluding hydrogens is 376 g/mol. The average molecular weight is 393 g/mol. The number of aryl methyl sites for hydroxylation is 1. The lowest BCUT2D eigenvalue weighted by atomic mass is 10.1. The van der Waals surface area contributed by atoms with Crippen LogP contribution in [0.3, 0.4) is 0 Å². The van der Waals surface area contributed by atoms with Crippen LogP contribution in [-0.4, -0.2) is 20.9 Å². The maximum absolute atomic E-state index is 12.3. The molecule has 1 amide bonds. The lowest BCUT2D eigenvalue weighted by Gasteiger charge is -2.05. The first-order chi connectivity index (χ1) is 13.2. The zero-order chi connectivity index (χ0) is 18.6. The third-order valence-electron chi connectivity index (χ3n) is 3.86. The van der Waals surface area contributed by atoms with Gasteiger partial charge in [0, 0.05) is 28.2 Å². The first-order valence-electron chi connectivity index (χ1n) is 8.35. The number of nitrogens with one attached hydrogen (secondary N) is 1. The van der Waals surface area contributed by atoms with E-state index in [4.69, 9.17) is 0 Å². The van der Waals surface area contributed by atoms with Crippen LogP contribution in [0.5, 0.6) is 0 Å². The number of hydrogen-bond acceptors (Lipinski definition) is 6. The van der Waals surface area contributed by atoms with E-state index in [1.54, 1.807) is 17.5 Å². The van der Waals surface area contributed by atoms with Gasteiger partial charge in [-0.25, -0.2) is 9.97 Å². The smallest absolute Gasteiger partial charge is 0.230 e. The van der Waals surface area contributed by atoms with E-state index >= 15 is 0 Å². The van der Waals surface area contributed by atoms with E-state index in [0.29, 0.717) is 0 Å². The van der Waals surface area contributed by atoms with E-state index in [0.717, 1.165) is 38.3 Å². The van der Waals surface area contributed by atoms with Gasteiger partial charge in [-0.2, -0.15) is 0 Å². The molecule has 0 saturated carbocycles. The SMILES string of the molecule is Cc1nc(-c2ccc(NC(=O)Cc3csc(-c4ccccn4)n3)cc2)cs1. The Bertz CT molecular complexity index is 1060. The highest BCUT2D eigenvalue weighted by Gasteiger charge is 2.10. The zero-order valence-corrected chi connectivity index (χ0v) is 16.2. The molecule has 0 atom stereocenters. The summed E-state index contributed by atoms with van der Waals surface area (Å²) in [6.07, 6.45) is 1.97. The van der Waals surface area contributed by atoms with Gasteiger partial charge in [0.05, 0.1) is 28.5 Å². The van der Waals surface area contributed by atoms with Crippen molar-refractivity contribution < 1.29 is 4.79 Å². The fraction of sp³-hybridized carbons (Fsp3) is 0.100. The van der Waals surface area contributed by atoms with Crippen LogP contribution < -0.4 is 5.32 Å². The van der Waals surface area contributed by atoms with Crippen LogP contribution in [0.2, 0.25) is 0 Å². The highest BCUT2D eigenvalue weighted by Crippen LogP contribution is 2.24. The summed E-state index contributed by atoms with van der Waals surface area (Å²) < 4.78 is 0. The highest BCUT2D eigenvalue weighted by atomic mass is 32.1. The predicted molar refractivity (Wildman–Crippen MR) is 110 cm³/mol. The van der Waals surface area contributed by atoms with Crippen LogP contribution in [-0.2, 0) is 11.2 Å².